The van der Waals surface area contributed by atoms with E-state index in [-0.39, 0.29) is 17.7 Å². The van der Waals surface area contributed by atoms with Crippen LogP contribution in [-0.4, -0.2) is 28.2 Å². The highest BCUT2D eigenvalue weighted by Crippen LogP contribution is 2.23. The van der Waals surface area contributed by atoms with Gasteiger partial charge in [-0.15, -0.1) is 0 Å². The first-order valence-electron chi connectivity index (χ1n) is 6.81. The lowest BCUT2D eigenvalue weighted by Crippen LogP contribution is -2.24. The molecule has 6 nitrogen and oxygen atoms in total. The quantitative estimate of drug-likeness (QED) is 0.630. The zero-order valence-corrected chi connectivity index (χ0v) is 12.2. The summed E-state index contributed by atoms with van der Waals surface area (Å²) in [5.41, 5.74) is 0.751. The molecule has 0 aliphatic heterocycles. The summed E-state index contributed by atoms with van der Waals surface area (Å²) < 4.78 is 0. The molecule has 0 bridgehead atoms. The first-order chi connectivity index (χ1) is 9.91. The van der Waals surface area contributed by atoms with Crippen molar-refractivity contribution in [2.45, 2.75) is 20.3 Å². The van der Waals surface area contributed by atoms with E-state index in [4.69, 9.17) is 5.11 Å². The summed E-state index contributed by atoms with van der Waals surface area (Å²) in [7, 11) is 0. The maximum atomic E-state index is 10.7. The molecule has 0 radical (unpaired) electrons. The van der Waals surface area contributed by atoms with Gasteiger partial charge in [0.25, 0.3) is 5.69 Å². The minimum Gasteiger partial charge on any atom is -0.396 e. The summed E-state index contributed by atoms with van der Waals surface area (Å²) >= 11 is 0. The van der Waals surface area contributed by atoms with Crippen LogP contribution < -0.4 is 5.32 Å². The first-order valence-corrected chi connectivity index (χ1v) is 6.81. The van der Waals surface area contributed by atoms with Gasteiger partial charge in [-0.05, 0) is 30.0 Å². The molecule has 1 aromatic carbocycles. The maximum Gasteiger partial charge on any atom is 0.270 e. The Labute approximate surface area is 123 Å². The normalized spacial score (nSPS) is 11.6. The highest BCUT2D eigenvalue weighted by Gasteiger charge is 2.17. The fourth-order valence-corrected chi connectivity index (χ4v) is 2.05. The third kappa shape index (κ3) is 3.88. The van der Waals surface area contributed by atoms with Gasteiger partial charge in [-0.25, -0.2) is 4.98 Å². The van der Waals surface area contributed by atoms with Gasteiger partial charge in [0.2, 0.25) is 0 Å². The Balaban J connectivity index is 2.16. The number of aliphatic hydroxyl groups excluding tert-OH is 1. The predicted molar refractivity (Wildman–Crippen MR) is 82.4 cm³/mol. The monoisotopic (exact) mass is 289 g/mol. The summed E-state index contributed by atoms with van der Waals surface area (Å²) in [4.78, 5) is 14.8. The van der Waals surface area contributed by atoms with Gasteiger partial charge in [-0.3, -0.25) is 10.1 Å². The topological polar surface area (TPSA) is 88.3 Å². The van der Waals surface area contributed by atoms with Gasteiger partial charge in [0.1, 0.15) is 5.82 Å². The van der Waals surface area contributed by atoms with Crippen LogP contribution in [0, 0.1) is 15.5 Å². The zero-order valence-electron chi connectivity index (χ0n) is 12.2. The summed E-state index contributed by atoms with van der Waals surface area (Å²) in [5, 5.41) is 23.7. The van der Waals surface area contributed by atoms with Crippen molar-refractivity contribution >= 4 is 22.4 Å². The predicted octanol–water partition coefficient (Wildman–Crippen LogP) is 2.96. The van der Waals surface area contributed by atoms with Gasteiger partial charge in [0.05, 0.1) is 10.4 Å². The molecular weight excluding hydrogens is 270 g/mol. The number of benzene rings is 1. The Kier molecular flexibility index (Phi) is 4.37. The number of nitro benzene ring substituents is 1. The van der Waals surface area contributed by atoms with Gasteiger partial charge in [0.15, 0.2) is 0 Å². The lowest BCUT2D eigenvalue weighted by Gasteiger charge is -2.24. The van der Waals surface area contributed by atoms with Crippen molar-refractivity contribution in [2.75, 3.05) is 18.5 Å². The van der Waals surface area contributed by atoms with Crippen molar-refractivity contribution in [3.8, 4) is 0 Å². The summed E-state index contributed by atoms with van der Waals surface area (Å²) in [6.45, 7) is 4.99. The Hall–Kier alpha value is -2.21. The molecule has 0 aliphatic carbocycles. The molecule has 0 unspecified atom stereocenters. The summed E-state index contributed by atoms with van der Waals surface area (Å²) in [6, 6.07) is 8.24. The number of fused-ring (bicyclic) bond motifs is 1. The van der Waals surface area contributed by atoms with E-state index in [1.165, 1.54) is 12.1 Å². The Morgan fingerprint density at radius 2 is 2.10 bits per heavy atom. The molecule has 0 saturated carbocycles. The number of hydrogen-bond donors (Lipinski definition) is 2. The molecule has 0 aliphatic rings. The highest BCUT2D eigenvalue weighted by atomic mass is 16.6. The second-order valence-corrected chi connectivity index (χ2v) is 5.82. The van der Waals surface area contributed by atoms with Crippen molar-refractivity contribution in [2.24, 2.45) is 5.41 Å². The van der Waals surface area contributed by atoms with Crippen LogP contribution in [0.1, 0.15) is 20.3 Å². The maximum absolute atomic E-state index is 10.7. The molecule has 0 amide bonds. The average molecular weight is 289 g/mol. The van der Waals surface area contributed by atoms with Crippen LogP contribution >= 0.6 is 0 Å². The minimum atomic E-state index is -0.414. The number of non-ortho nitro benzene ring substituents is 1. The van der Waals surface area contributed by atoms with E-state index in [1.54, 1.807) is 12.1 Å². The van der Waals surface area contributed by atoms with E-state index in [0.29, 0.717) is 18.5 Å². The second-order valence-electron chi connectivity index (χ2n) is 5.82. The number of aromatic nitrogens is 1. The van der Waals surface area contributed by atoms with Crippen molar-refractivity contribution in [3.63, 3.8) is 0 Å². The molecule has 0 atom stereocenters. The standard InChI is InChI=1S/C15H19N3O3/c1-15(2,7-8-19)10-16-14-6-3-11-9-12(18(20)21)4-5-13(11)17-14/h3-6,9,19H,7-8,10H2,1-2H3,(H,16,17). The van der Waals surface area contributed by atoms with Gasteiger partial charge in [-0.2, -0.15) is 0 Å². The number of anilines is 1. The molecule has 2 N–H and O–H groups in total. The lowest BCUT2D eigenvalue weighted by molar-refractivity contribution is -0.384. The largest absolute Gasteiger partial charge is 0.396 e. The third-order valence-electron chi connectivity index (χ3n) is 3.42. The third-order valence-corrected chi connectivity index (χ3v) is 3.42. The summed E-state index contributed by atoms with van der Waals surface area (Å²) in [5.74, 6) is 0.724. The van der Waals surface area contributed by atoms with Crippen LogP contribution in [0.15, 0.2) is 30.3 Å². The van der Waals surface area contributed by atoms with Gasteiger partial charge < -0.3 is 10.4 Å². The molecule has 112 valence electrons. The van der Waals surface area contributed by atoms with Crippen molar-refractivity contribution in [1.82, 2.24) is 4.98 Å². The van der Waals surface area contributed by atoms with E-state index < -0.39 is 4.92 Å². The van der Waals surface area contributed by atoms with E-state index in [1.807, 2.05) is 6.07 Å². The smallest absolute Gasteiger partial charge is 0.270 e. The SMILES string of the molecule is CC(C)(CCO)CNc1ccc2cc([N+](=O)[O-])ccc2n1. The Morgan fingerprint density at radius 3 is 2.76 bits per heavy atom. The number of nitrogens with one attached hydrogen (secondary N) is 1. The fourth-order valence-electron chi connectivity index (χ4n) is 2.05. The molecule has 1 aromatic heterocycles. The number of nitro groups is 1. The Morgan fingerprint density at radius 1 is 1.33 bits per heavy atom. The van der Waals surface area contributed by atoms with E-state index >= 15 is 0 Å². The average Bonchev–Trinajstić information content (AvgIpc) is 2.44. The van der Waals surface area contributed by atoms with E-state index in [0.717, 1.165) is 11.2 Å². The number of hydrogen-bond acceptors (Lipinski definition) is 5. The van der Waals surface area contributed by atoms with Crippen molar-refractivity contribution < 1.29 is 10.0 Å². The minimum absolute atomic E-state index is 0.0269. The van der Waals surface area contributed by atoms with Gasteiger partial charge in [-0.1, -0.05) is 13.8 Å². The van der Waals surface area contributed by atoms with Crippen LogP contribution in [0.25, 0.3) is 10.9 Å². The van der Waals surface area contributed by atoms with Crippen LogP contribution in [-0.2, 0) is 0 Å². The summed E-state index contributed by atoms with van der Waals surface area (Å²) in [6.07, 6.45) is 0.708. The number of rotatable bonds is 6. The molecule has 0 fully saturated rings. The lowest BCUT2D eigenvalue weighted by atomic mass is 9.90. The second kappa shape index (κ2) is 6.05. The molecule has 0 spiro atoms. The van der Waals surface area contributed by atoms with E-state index in [9.17, 15) is 10.1 Å². The van der Waals surface area contributed by atoms with Crippen LogP contribution in [0.2, 0.25) is 0 Å². The molecule has 21 heavy (non-hydrogen) atoms. The number of pyridine rings is 1. The Bertz CT molecular complexity index is 656. The molecular formula is C15H19N3O3. The molecule has 1 heterocycles. The van der Waals surface area contributed by atoms with Crippen LogP contribution in [0.3, 0.4) is 0 Å². The number of aliphatic hydroxyl groups is 1. The molecule has 0 saturated heterocycles. The highest BCUT2D eigenvalue weighted by molar-refractivity contribution is 5.82. The molecule has 2 aromatic rings. The van der Waals surface area contributed by atoms with Crippen molar-refractivity contribution in [1.29, 1.82) is 0 Å². The first kappa shape index (κ1) is 15.2. The van der Waals surface area contributed by atoms with Crippen LogP contribution in [0.4, 0.5) is 11.5 Å². The van der Waals surface area contributed by atoms with E-state index in [2.05, 4.69) is 24.1 Å². The van der Waals surface area contributed by atoms with Crippen LogP contribution in [0.5, 0.6) is 0 Å². The van der Waals surface area contributed by atoms with Crippen molar-refractivity contribution in [3.05, 3.63) is 40.4 Å². The zero-order chi connectivity index (χ0) is 15.5. The molecule has 2 rings (SSSR count). The molecule has 6 heteroatoms. The van der Waals surface area contributed by atoms with Gasteiger partial charge in [0, 0.05) is 30.7 Å². The van der Waals surface area contributed by atoms with Gasteiger partial charge >= 0.3 is 0 Å². The fraction of sp³-hybridized carbons (Fsp3) is 0.400. The number of nitrogens with zero attached hydrogens (tertiary/aromatic N) is 2.